The summed E-state index contributed by atoms with van der Waals surface area (Å²) >= 11 is 0. The van der Waals surface area contributed by atoms with Gasteiger partial charge in [-0.15, -0.1) is 0 Å². The molecule has 0 saturated carbocycles. The Hall–Kier alpha value is -1.62. The van der Waals surface area contributed by atoms with E-state index in [1.54, 1.807) is 0 Å². The number of hydrogen-bond acceptors (Lipinski definition) is 4. The molecule has 0 unspecified atom stereocenters. The number of methoxy groups -OCH3 is 1. The Labute approximate surface area is 86.5 Å². The Morgan fingerprint density at radius 2 is 2.33 bits per heavy atom. The van der Waals surface area contributed by atoms with Gasteiger partial charge in [0.2, 0.25) is 0 Å². The topological polar surface area (TPSA) is 72.5 Å². The monoisotopic (exact) mass is 213 g/mol. The van der Waals surface area contributed by atoms with Gasteiger partial charge in [-0.25, -0.2) is 4.39 Å². The third-order valence-electron chi connectivity index (χ3n) is 2.00. The van der Waals surface area contributed by atoms with Crippen LogP contribution in [0.2, 0.25) is 0 Å². The molecular formula is C10H12FNO3. The van der Waals surface area contributed by atoms with Crippen LogP contribution in [0.25, 0.3) is 0 Å². The van der Waals surface area contributed by atoms with Crippen LogP contribution < -0.4 is 5.73 Å². The van der Waals surface area contributed by atoms with Crippen LogP contribution in [-0.2, 0) is 9.53 Å². The predicted octanol–water partition coefficient (Wildman–Crippen LogP) is 1.09. The number of aromatic hydroxyl groups is 1. The number of phenolic OH excluding ortho intramolecular Hbond substituents is 1. The Kier molecular flexibility index (Phi) is 3.62. The van der Waals surface area contributed by atoms with Gasteiger partial charge in [0, 0.05) is 17.7 Å². The lowest BCUT2D eigenvalue weighted by atomic mass is 10.0. The quantitative estimate of drug-likeness (QED) is 0.737. The number of ether oxygens (including phenoxy) is 1. The molecular weight excluding hydrogens is 201 g/mol. The van der Waals surface area contributed by atoms with Crippen LogP contribution in [0.5, 0.6) is 5.75 Å². The molecule has 4 nitrogen and oxygen atoms in total. The zero-order valence-electron chi connectivity index (χ0n) is 8.24. The molecule has 15 heavy (non-hydrogen) atoms. The average Bonchev–Trinajstić information content (AvgIpc) is 2.17. The maximum absolute atomic E-state index is 13.3. The van der Waals surface area contributed by atoms with E-state index in [-0.39, 0.29) is 17.7 Å². The zero-order chi connectivity index (χ0) is 11.4. The second-order valence-corrected chi connectivity index (χ2v) is 3.09. The highest BCUT2D eigenvalue weighted by atomic mass is 19.1. The number of carbonyl (C=O) groups is 1. The van der Waals surface area contributed by atoms with E-state index < -0.39 is 17.8 Å². The summed E-state index contributed by atoms with van der Waals surface area (Å²) < 4.78 is 17.7. The van der Waals surface area contributed by atoms with Gasteiger partial charge in [-0.05, 0) is 6.07 Å². The van der Waals surface area contributed by atoms with Crippen molar-refractivity contribution in [2.75, 3.05) is 7.11 Å². The molecule has 0 saturated heterocycles. The highest BCUT2D eigenvalue weighted by Crippen LogP contribution is 2.21. The first-order chi connectivity index (χ1) is 7.04. The summed E-state index contributed by atoms with van der Waals surface area (Å²) in [6.07, 6.45) is -0.0990. The summed E-state index contributed by atoms with van der Waals surface area (Å²) in [5, 5.41) is 8.97. The van der Waals surface area contributed by atoms with Crippen molar-refractivity contribution >= 4 is 5.97 Å². The normalized spacial score (nSPS) is 12.2. The lowest BCUT2D eigenvalue weighted by Crippen LogP contribution is -2.17. The molecule has 0 fully saturated rings. The number of carbonyl (C=O) groups excluding carboxylic acids is 1. The van der Waals surface area contributed by atoms with Gasteiger partial charge in [-0.2, -0.15) is 0 Å². The van der Waals surface area contributed by atoms with Crippen LogP contribution >= 0.6 is 0 Å². The summed E-state index contributed by atoms with van der Waals surface area (Å²) in [5.74, 6) is -1.32. The third-order valence-corrected chi connectivity index (χ3v) is 2.00. The van der Waals surface area contributed by atoms with E-state index in [9.17, 15) is 9.18 Å². The molecule has 5 heteroatoms. The molecule has 0 aromatic heterocycles. The van der Waals surface area contributed by atoms with E-state index in [2.05, 4.69) is 4.74 Å². The molecule has 0 heterocycles. The minimum absolute atomic E-state index is 0.0990. The number of phenols is 1. The first-order valence-electron chi connectivity index (χ1n) is 4.35. The van der Waals surface area contributed by atoms with Gasteiger partial charge in [0.05, 0.1) is 13.5 Å². The van der Waals surface area contributed by atoms with E-state index in [0.29, 0.717) is 0 Å². The first-order valence-corrected chi connectivity index (χ1v) is 4.35. The van der Waals surface area contributed by atoms with Crippen molar-refractivity contribution in [2.24, 2.45) is 5.73 Å². The molecule has 1 atom stereocenters. The summed E-state index contributed by atoms with van der Waals surface area (Å²) in [6.45, 7) is 0. The van der Waals surface area contributed by atoms with Crippen molar-refractivity contribution < 1.29 is 19.0 Å². The molecule has 82 valence electrons. The molecule has 1 aromatic carbocycles. The first kappa shape index (κ1) is 11.5. The molecule has 1 rings (SSSR count). The van der Waals surface area contributed by atoms with Gasteiger partial charge >= 0.3 is 5.97 Å². The van der Waals surface area contributed by atoms with E-state index in [0.717, 1.165) is 6.07 Å². The number of hydrogen-bond donors (Lipinski definition) is 2. The minimum atomic E-state index is -0.766. The van der Waals surface area contributed by atoms with E-state index in [4.69, 9.17) is 10.8 Å². The van der Waals surface area contributed by atoms with Crippen molar-refractivity contribution in [2.45, 2.75) is 12.5 Å². The van der Waals surface area contributed by atoms with Crippen LogP contribution in [0.15, 0.2) is 18.2 Å². The van der Waals surface area contributed by atoms with Gasteiger partial charge in [0.25, 0.3) is 0 Å². The number of halogens is 1. The molecule has 1 aromatic rings. The number of esters is 1. The Bertz CT molecular complexity index is 368. The lowest BCUT2D eigenvalue weighted by Gasteiger charge is -2.11. The van der Waals surface area contributed by atoms with Gasteiger partial charge in [0.1, 0.15) is 11.6 Å². The van der Waals surface area contributed by atoms with Crippen molar-refractivity contribution in [3.8, 4) is 5.75 Å². The number of nitrogens with two attached hydrogens (primary N) is 1. The van der Waals surface area contributed by atoms with Gasteiger partial charge in [-0.3, -0.25) is 4.79 Å². The van der Waals surface area contributed by atoms with Crippen molar-refractivity contribution in [3.63, 3.8) is 0 Å². The van der Waals surface area contributed by atoms with Gasteiger partial charge < -0.3 is 15.6 Å². The molecule has 0 aliphatic heterocycles. The largest absolute Gasteiger partial charge is 0.508 e. The average molecular weight is 213 g/mol. The summed E-state index contributed by atoms with van der Waals surface area (Å²) in [4.78, 5) is 10.9. The SMILES string of the molecule is COC(=O)C[C@H](N)c1ccc(O)cc1F. The second-order valence-electron chi connectivity index (χ2n) is 3.09. The second kappa shape index (κ2) is 4.75. The van der Waals surface area contributed by atoms with Crippen LogP contribution in [0.4, 0.5) is 4.39 Å². The minimum Gasteiger partial charge on any atom is -0.508 e. The fourth-order valence-electron chi connectivity index (χ4n) is 1.19. The highest BCUT2D eigenvalue weighted by Gasteiger charge is 2.15. The van der Waals surface area contributed by atoms with Crippen molar-refractivity contribution in [1.82, 2.24) is 0 Å². The highest BCUT2D eigenvalue weighted by molar-refractivity contribution is 5.70. The molecule has 3 N–H and O–H groups in total. The zero-order valence-corrected chi connectivity index (χ0v) is 8.24. The fraction of sp³-hybridized carbons (Fsp3) is 0.300. The number of benzene rings is 1. The summed E-state index contributed by atoms with van der Waals surface area (Å²) in [6, 6.07) is 2.85. The van der Waals surface area contributed by atoms with E-state index in [1.165, 1.54) is 19.2 Å². The standard InChI is InChI=1S/C10H12FNO3/c1-15-10(14)5-9(12)7-3-2-6(13)4-8(7)11/h2-4,9,13H,5,12H2,1H3/t9-/m0/s1. The molecule has 0 bridgehead atoms. The summed E-state index contributed by atoms with van der Waals surface area (Å²) in [5.41, 5.74) is 5.78. The van der Waals surface area contributed by atoms with Crippen LogP contribution in [0.1, 0.15) is 18.0 Å². The van der Waals surface area contributed by atoms with Crippen molar-refractivity contribution in [3.05, 3.63) is 29.6 Å². The molecule has 0 radical (unpaired) electrons. The Balaban J connectivity index is 2.82. The predicted molar refractivity (Wildman–Crippen MR) is 51.6 cm³/mol. The summed E-state index contributed by atoms with van der Waals surface area (Å²) in [7, 11) is 1.24. The van der Waals surface area contributed by atoms with Crippen molar-refractivity contribution in [1.29, 1.82) is 0 Å². The number of rotatable bonds is 3. The third kappa shape index (κ3) is 2.92. The smallest absolute Gasteiger partial charge is 0.307 e. The lowest BCUT2D eigenvalue weighted by molar-refractivity contribution is -0.141. The van der Waals surface area contributed by atoms with Gasteiger partial charge in [-0.1, -0.05) is 6.07 Å². The Morgan fingerprint density at radius 1 is 1.67 bits per heavy atom. The van der Waals surface area contributed by atoms with E-state index in [1.807, 2.05) is 0 Å². The molecule has 0 aliphatic carbocycles. The van der Waals surface area contributed by atoms with Crippen LogP contribution in [0, 0.1) is 5.82 Å². The maximum atomic E-state index is 13.3. The molecule has 0 amide bonds. The fourth-order valence-corrected chi connectivity index (χ4v) is 1.19. The van der Waals surface area contributed by atoms with Crippen LogP contribution in [0.3, 0.4) is 0 Å². The maximum Gasteiger partial charge on any atom is 0.307 e. The van der Waals surface area contributed by atoms with E-state index >= 15 is 0 Å². The Morgan fingerprint density at radius 3 is 2.87 bits per heavy atom. The molecule has 0 spiro atoms. The van der Waals surface area contributed by atoms with Crippen LogP contribution in [-0.4, -0.2) is 18.2 Å². The van der Waals surface area contributed by atoms with Gasteiger partial charge in [0.15, 0.2) is 0 Å². The molecule has 0 aliphatic rings.